The Morgan fingerprint density at radius 1 is 0.877 bits per heavy atom. The fourth-order valence-corrected chi connectivity index (χ4v) is 8.56. The minimum Gasteiger partial charge on any atom is -0.481 e. The third-order valence-electron chi connectivity index (χ3n) is 9.24. The molecule has 2 aliphatic heterocycles. The van der Waals surface area contributed by atoms with Crippen molar-refractivity contribution in [3.05, 3.63) is 36.0 Å². The maximum Gasteiger partial charge on any atom is 0.305 e. The monoisotopic (exact) mass is 831 g/mol. The van der Waals surface area contributed by atoms with E-state index in [0.717, 1.165) is 10.9 Å². The zero-order chi connectivity index (χ0) is 41.5. The molecule has 2 saturated heterocycles. The molecule has 0 aliphatic carbocycles. The standard InChI is InChI=1S/C35H49N11O9S2/c36-30(51)25-18-57-56-13-10-27(47)42-22(8-3-4-11-39-35(37)38)31(52)41-17-28(48)43-23(15-29(49)50)32(53)44-24(14-19-16-40-21-7-2-1-6-20(19)21)34(55)46-12-5-9-26(46)33(54)45-25/h1-2,6-7,16,22-26,40H,3-5,8-15,17-18H2,(H2,36,51)(H,41,52)(H,42,47)(H,43,48)(H,44,53)(H,45,54)(H,49,50)(H4,37,38,39)/t22?,23?,24?,25?,26-/m1/s1. The highest BCUT2D eigenvalue weighted by Crippen LogP contribution is 2.25. The van der Waals surface area contributed by atoms with E-state index in [2.05, 4.69) is 36.6 Å². The van der Waals surface area contributed by atoms with Crippen LogP contribution in [0.4, 0.5) is 0 Å². The minimum absolute atomic E-state index is 0.0195. The second-order valence-corrected chi connectivity index (χ2v) is 16.1. The van der Waals surface area contributed by atoms with Gasteiger partial charge < -0.3 is 58.8 Å². The van der Waals surface area contributed by atoms with Gasteiger partial charge in [-0.25, -0.2) is 0 Å². The molecule has 1 aromatic carbocycles. The molecule has 1 aromatic heterocycles. The molecule has 0 radical (unpaired) electrons. The fraction of sp³-hybridized carbons (Fsp3) is 0.514. The molecule has 2 aromatic rings. The average molecular weight is 832 g/mol. The lowest BCUT2D eigenvalue weighted by Crippen LogP contribution is -2.59. The Kier molecular flexibility index (Phi) is 16.8. The van der Waals surface area contributed by atoms with Gasteiger partial charge in [0, 0.05) is 54.5 Å². The number of primary amides is 1. The van der Waals surface area contributed by atoms with Gasteiger partial charge in [0.1, 0.15) is 30.2 Å². The average Bonchev–Trinajstić information content (AvgIpc) is 3.82. The number of carbonyl (C=O) groups is 8. The highest BCUT2D eigenvalue weighted by Gasteiger charge is 2.40. The molecule has 2 aliphatic rings. The third kappa shape index (κ3) is 13.6. The van der Waals surface area contributed by atoms with E-state index in [1.807, 2.05) is 18.2 Å². The number of nitrogens with zero attached hydrogens (tertiary/aromatic N) is 2. The van der Waals surface area contributed by atoms with Crippen LogP contribution in [-0.2, 0) is 44.8 Å². The van der Waals surface area contributed by atoms with Crippen molar-refractivity contribution in [1.29, 1.82) is 0 Å². The number of nitrogens with one attached hydrogen (secondary N) is 6. The van der Waals surface area contributed by atoms with Gasteiger partial charge in [-0.1, -0.05) is 39.8 Å². The van der Waals surface area contributed by atoms with Gasteiger partial charge in [0.15, 0.2) is 5.96 Å². The van der Waals surface area contributed by atoms with E-state index in [1.54, 1.807) is 12.3 Å². The lowest BCUT2D eigenvalue weighted by Gasteiger charge is -2.30. The maximum absolute atomic E-state index is 14.3. The van der Waals surface area contributed by atoms with E-state index in [9.17, 15) is 43.5 Å². The SMILES string of the molecule is NC(=O)C1CSSCCC(=O)NC(CCCCN=C(N)N)C(=O)NCC(=O)NC(CC(=O)O)C(=O)NC(Cc2c[nH]c3ccccc23)C(=O)N2CCC[C@@H]2C(=O)N1. The minimum atomic E-state index is -1.68. The van der Waals surface area contributed by atoms with Gasteiger partial charge in [-0.15, -0.1) is 0 Å². The zero-order valence-electron chi connectivity index (χ0n) is 31.1. The summed E-state index contributed by atoms with van der Waals surface area (Å²) in [7, 11) is 2.45. The van der Waals surface area contributed by atoms with Crippen molar-refractivity contribution in [3.63, 3.8) is 0 Å². The van der Waals surface area contributed by atoms with Gasteiger partial charge >= 0.3 is 5.97 Å². The smallest absolute Gasteiger partial charge is 0.305 e. The highest BCUT2D eigenvalue weighted by molar-refractivity contribution is 8.76. The molecule has 7 amide bonds. The molecule has 4 rings (SSSR count). The first kappa shape index (κ1) is 44.2. The number of nitrogens with two attached hydrogens (primary N) is 3. The number of amides is 7. The Labute approximate surface area is 335 Å². The predicted molar refractivity (Wildman–Crippen MR) is 213 cm³/mol. The molecule has 0 bridgehead atoms. The molecule has 0 spiro atoms. The molecule has 57 heavy (non-hydrogen) atoms. The number of aliphatic imine (C=N–C) groups is 1. The summed E-state index contributed by atoms with van der Waals surface area (Å²) < 4.78 is 0. The first-order valence-corrected chi connectivity index (χ1v) is 20.9. The van der Waals surface area contributed by atoms with Crippen molar-refractivity contribution in [2.75, 3.05) is 31.1 Å². The van der Waals surface area contributed by atoms with Crippen LogP contribution in [0.3, 0.4) is 0 Å². The second-order valence-electron chi connectivity index (χ2n) is 13.5. The van der Waals surface area contributed by atoms with Crippen molar-refractivity contribution < 1.29 is 43.5 Å². The van der Waals surface area contributed by atoms with Gasteiger partial charge in [-0.3, -0.25) is 43.3 Å². The number of rotatable bonds is 10. The quantitative estimate of drug-likeness (QED) is 0.0534. The molecule has 2 fully saturated rings. The maximum atomic E-state index is 14.3. The Morgan fingerprint density at radius 2 is 1.63 bits per heavy atom. The predicted octanol–water partition coefficient (Wildman–Crippen LogP) is -2.05. The van der Waals surface area contributed by atoms with Crippen LogP contribution in [0.15, 0.2) is 35.5 Å². The molecule has 0 saturated carbocycles. The number of aromatic nitrogens is 1. The number of fused-ring (bicyclic) bond motifs is 2. The van der Waals surface area contributed by atoms with Crippen LogP contribution in [0, 0.1) is 0 Å². The van der Waals surface area contributed by atoms with E-state index in [4.69, 9.17) is 17.2 Å². The lowest BCUT2D eigenvalue weighted by atomic mass is 10.0. The number of H-pyrrole nitrogens is 1. The van der Waals surface area contributed by atoms with Crippen LogP contribution in [-0.4, -0.2) is 130 Å². The number of benzene rings is 1. The fourth-order valence-electron chi connectivity index (χ4n) is 6.39. The molecule has 310 valence electrons. The molecular weight excluding hydrogens is 783 g/mol. The number of carboxylic acids is 1. The zero-order valence-corrected chi connectivity index (χ0v) is 32.8. The van der Waals surface area contributed by atoms with Crippen molar-refractivity contribution in [2.24, 2.45) is 22.2 Å². The summed E-state index contributed by atoms with van der Waals surface area (Å²) in [4.78, 5) is 114. The summed E-state index contributed by atoms with van der Waals surface area (Å²) in [6, 6.07) is 1.07. The first-order chi connectivity index (χ1) is 27.2. The summed E-state index contributed by atoms with van der Waals surface area (Å²) in [5.74, 6) is -6.35. The van der Waals surface area contributed by atoms with Crippen LogP contribution in [0.1, 0.15) is 50.5 Å². The number of unbranched alkanes of at least 4 members (excludes halogenated alkanes) is 1. The van der Waals surface area contributed by atoms with E-state index in [0.29, 0.717) is 24.8 Å². The van der Waals surface area contributed by atoms with Gasteiger partial charge in [0.25, 0.3) is 0 Å². The van der Waals surface area contributed by atoms with Gasteiger partial charge in [0.2, 0.25) is 41.4 Å². The summed E-state index contributed by atoms with van der Waals surface area (Å²) in [5, 5.41) is 23.1. The number of hydrogen-bond donors (Lipinski definition) is 10. The second kappa shape index (κ2) is 21.7. The van der Waals surface area contributed by atoms with Gasteiger partial charge in [-0.2, -0.15) is 0 Å². The van der Waals surface area contributed by atoms with Crippen molar-refractivity contribution in [2.45, 2.75) is 81.6 Å². The summed E-state index contributed by atoms with van der Waals surface area (Å²) in [5.41, 5.74) is 17.8. The van der Waals surface area contributed by atoms with E-state index < -0.39 is 90.5 Å². The summed E-state index contributed by atoms with van der Waals surface area (Å²) >= 11 is 0. The van der Waals surface area contributed by atoms with Crippen LogP contribution in [0.5, 0.6) is 0 Å². The Morgan fingerprint density at radius 3 is 2.37 bits per heavy atom. The highest BCUT2D eigenvalue weighted by atomic mass is 33.1. The molecule has 20 nitrogen and oxygen atoms in total. The Balaban J connectivity index is 1.61. The largest absolute Gasteiger partial charge is 0.481 e. The number of para-hydroxylation sites is 1. The Hall–Kier alpha value is -5.51. The normalized spacial score (nSPS) is 23.6. The van der Waals surface area contributed by atoms with Crippen LogP contribution < -0.4 is 43.8 Å². The molecule has 22 heteroatoms. The third-order valence-corrected chi connectivity index (χ3v) is 11.7. The molecule has 3 heterocycles. The number of carbonyl (C=O) groups excluding carboxylic acids is 7. The van der Waals surface area contributed by atoms with Crippen LogP contribution in [0.25, 0.3) is 10.9 Å². The van der Waals surface area contributed by atoms with Crippen LogP contribution in [0.2, 0.25) is 0 Å². The molecular formula is C35H49N11O9S2. The molecule has 13 N–H and O–H groups in total. The first-order valence-electron chi connectivity index (χ1n) is 18.4. The summed E-state index contributed by atoms with van der Waals surface area (Å²) in [6.45, 7) is -0.233. The number of aromatic amines is 1. The topological polar surface area (TPSA) is 326 Å². The van der Waals surface area contributed by atoms with E-state index in [1.165, 1.54) is 26.5 Å². The van der Waals surface area contributed by atoms with Crippen LogP contribution >= 0.6 is 21.6 Å². The van der Waals surface area contributed by atoms with Gasteiger partial charge in [0.05, 0.1) is 13.0 Å². The number of aliphatic carboxylic acids is 1. The van der Waals surface area contributed by atoms with E-state index >= 15 is 0 Å². The number of hydrogen-bond acceptors (Lipinski definition) is 11. The van der Waals surface area contributed by atoms with Crippen molar-refractivity contribution in [1.82, 2.24) is 36.5 Å². The number of carboxylic acid groups (broad SMARTS) is 1. The van der Waals surface area contributed by atoms with Crippen molar-refractivity contribution in [3.8, 4) is 0 Å². The lowest BCUT2D eigenvalue weighted by molar-refractivity contribution is -0.143. The number of guanidine groups is 1. The Bertz CT molecular complexity index is 1840. The molecule has 5 atom stereocenters. The van der Waals surface area contributed by atoms with E-state index in [-0.39, 0.29) is 56.2 Å². The summed E-state index contributed by atoms with van der Waals surface area (Å²) in [6.07, 6.45) is 2.48. The van der Waals surface area contributed by atoms with Gasteiger partial charge in [-0.05, 0) is 43.7 Å². The van der Waals surface area contributed by atoms with Crippen molar-refractivity contribution >= 4 is 85.8 Å². The molecule has 4 unspecified atom stereocenters.